The molecular weight excluding hydrogens is 260 g/mol. The van der Waals surface area contributed by atoms with Gasteiger partial charge >= 0.3 is 0 Å². The van der Waals surface area contributed by atoms with Crippen molar-refractivity contribution in [3.05, 3.63) is 17.7 Å². The van der Waals surface area contributed by atoms with E-state index in [4.69, 9.17) is 9.47 Å². The Morgan fingerprint density at radius 3 is 2.50 bits per heavy atom. The van der Waals surface area contributed by atoms with E-state index in [9.17, 15) is 9.90 Å². The number of carbonyl (C=O) groups excluding carboxylic acids is 1. The van der Waals surface area contributed by atoms with Crippen LogP contribution in [0.5, 0.6) is 17.2 Å². The van der Waals surface area contributed by atoms with Crippen LogP contribution >= 0.6 is 0 Å². The highest BCUT2D eigenvalue weighted by molar-refractivity contribution is 5.95. The molecule has 20 heavy (non-hydrogen) atoms. The average Bonchev–Trinajstić information content (AvgIpc) is 2.48. The molecule has 0 aliphatic carbocycles. The number of aromatic hydroxyl groups is 1. The highest BCUT2D eigenvalue weighted by Crippen LogP contribution is 2.37. The van der Waals surface area contributed by atoms with E-state index < -0.39 is 0 Å². The van der Waals surface area contributed by atoms with Crippen molar-refractivity contribution in [1.82, 2.24) is 10.6 Å². The van der Waals surface area contributed by atoms with E-state index in [0.717, 1.165) is 25.9 Å². The Morgan fingerprint density at radius 1 is 1.35 bits per heavy atom. The van der Waals surface area contributed by atoms with Crippen LogP contribution < -0.4 is 20.1 Å². The van der Waals surface area contributed by atoms with E-state index in [2.05, 4.69) is 10.6 Å². The van der Waals surface area contributed by atoms with E-state index in [0.29, 0.717) is 5.56 Å². The highest BCUT2D eigenvalue weighted by Gasteiger charge is 2.19. The Bertz CT molecular complexity index is 459. The highest BCUT2D eigenvalue weighted by atomic mass is 16.5. The molecule has 3 N–H and O–H groups in total. The summed E-state index contributed by atoms with van der Waals surface area (Å²) in [7, 11) is 2.86. The Balaban J connectivity index is 2.16. The first kappa shape index (κ1) is 14.5. The van der Waals surface area contributed by atoms with Crippen LogP contribution in [0.3, 0.4) is 0 Å². The minimum Gasteiger partial charge on any atom is -0.502 e. The summed E-state index contributed by atoms with van der Waals surface area (Å²) in [6.45, 7) is 1.77. The van der Waals surface area contributed by atoms with Crippen molar-refractivity contribution in [3.8, 4) is 17.2 Å². The third-order valence-electron chi connectivity index (χ3n) is 3.37. The van der Waals surface area contributed by atoms with Gasteiger partial charge in [-0.1, -0.05) is 0 Å². The molecule has 0 aromatic heterocycles. The van der Waals surface area contributed by atoms with Gasteiger partial charge < -0.3 is 25.2 Å². The summed E-state index contributed by atoms with van der Waals surface area (Å²) in [6, 6.07) is 3.13. The average molecular weight is 280 g/mol. The lowest BCUT2D eigenvalue weighted by molar-refractivity contribution is 0.0930. The van der Waals surface area contributed by atoms with Crippen molar-refractivity contribution in [2.45, 2.75) is 18.9 Å². The summed E-state index contributed by atoms with van der Waals surface area (Å²) in [5.41, 5.74) is 0.405. The van der Waals surface area contributed by atoms with Crippen LogP contribution in [-0.4, -0.2) is 44.4 Å². The fourth-order valence-electron chi connectivity index (χ4n) is 2.27. The number of ether oxygens (including phenoxy) is 2. The third-order valence-corrected chi connectivity index (χ3v) is 3.37. The number of piperidine rings is 1. The molecule has 0 spiro atoms. The van der Waals surface area contributed by atoms with Gasteiger partial charge in [0.05, 0.1) is 14.2 Å². The van der Waals surface area contributed by atoms with E-state index in [1.54, 1.807) is 0 Å². The zero-order valence-electron chi connectivity index (χ0n) is 11.7. The van der Waals surface area contributed by atoms with Gasteiger partial charge in [0.1, 0.15) is 0 Å². The van der Waals surface area contributed by atoms with Gasteiger partial charge in [0.25, 0.3) is 5.91 Å². The maximum atomic E-state index is 12.2. The SMILES string of the molecule is COc1cc(C(=O)NC2CCCNC2)cc(OC)c1O. The Morgan fingerprint density at radius 2 is 2.00 bits per heavy atom. The number of phenols is 1. The molecule has 0 radical (unpaired) electrons. The van der Waals surface area contributed by atoms with Gasteiger partial charge in [-0.2, -0.15) is 0 Å². The molecule has 0 saturated carbocycles. The largest absolute Gasteiger partial charge is 0.502 e. The lowest BCUT2D eigenvalue weighted by Crippen LogP contribution is -2.45. The molecule has 110 valence electrons. The Labute approximate surface area is 118 Å². The molecule has 6 nitrogen and oxygen atoms in total. The Kier molecular flexibility index (Phi) is 4.68. The minimum atomic E-state index is -0.199. The molecule has 1 amide bonds. The van der Waals surface area contributed by atoms with Crippen molar-refractivity contribution in [1.29, 1.82) is 0 Å². The van der Waals surface area contributed by atoms with Crippen molar-refractivity contribution >= 4 is 5.91 Å². The summed E-state index contributed by atoms with van der Waals surface area (Å²) >= 11 is 0. The molecule has 1 aliphatic heterocycles. The topological polar surface area (TPSA) is 79.8 Å². The fourth-order valence-corrected chi connectivity index (χ4v) is 2.27. The number of nitrogens with one attached hydrogen (secondary N) is 2. The first-order valence-corrected chi connectivity index (χ1v) is 6.62. The Hall–Kier alpha value is -1.95. The van der Waals surface area contributed by atoms with Crippen LogP contribution in [0.25, 0.3) is 0 Å². The summed E-state index contributed by atoms with van der Waals surface area (Å²) in [6.07, 6.45) is 2.01. The minimum absolute atomic E-state index is 0.106. The number of amides is 1. The second-order valence-electron chi connectivity index (χ2n) is 4.75. The normalized spacial score (nSPS) is 18.4. The molecule has 1 aromatic rings. The molecule has 2 rings (SSSR count). The van der Waals surface area contributed by atoms with Crippen molar-refractivity contribution in [2.75, 3.05) is 27.3 Å². The van der Waals surface area contributed by atoms with Gasteiger partial charge in [-0.25, -0.2) is 0 Å². The number of carbonyl (C=O) groups is 1. The number of methoxy groups -OCH3 is 2. The van der Waals surface area contributed by atoms with E-state index >= 15 is 0 Å². The maximum absolute atomic E-state index is 12.2. The molecule has 1 atom stereocenters. The molecule has 1 saturated heterocycles. The van der Waals surface area contributed by atoms with Crippen molar-refractivity contribution in [2.24, 2.45) is 0 Å². The summed E-state index contributed by atoms with van der Waals surface area (Å²) in [5.74, 6) is 0.133. The van der Waals surface area contributed by atoms with Crippen LogP contribution in [0, 0.1) is 0 Å². The number of hydrogen-bond donors (Lipinski definition) is 3. The van der Waals surface area contributed by atoms with Crippen LogP contribution in [-0.2, 0) is 0 Å². The lowest BCUT2D eigenvalue weighted by atomic mass is 10.1. The summed E-state index contributed by atoms with van der Waals surface area (Å²) in [4.78, 5) is 12.2. The van der Waals surface area contributed by atoms with Crippen LogP contribution in [0.2, 0.25) is 0 Å². The van der Waals surface area contributed by atoms with Crippen LogP contribution in [0.1, 0.15) is 23.2 Å². The molecule has 1 heterocycles. The van der Waals surface area contributed by atoms with Crippen LogP contribution in [0.4, 0.5) is 0 Å². The van der Waals surface area contributed by atoms with E-state index in [1.165, 1.54) is 26.4 Å². The first-order chi connectivity index (χ1) is 9.65. The van der Waals surface area contributed by atoms with E-state index in [1.807, 2.05) is 0 Å². The number of phenolic OH excluding ortho intramolecular Hbond substituents is 1. The fraction of sp³-hybridized carbons (Fsp3) is 0.500. The zero-order valence-corrected chi connectivity index (χ0v) is 11.7. The van der Waals surface area contributed by atoms with Gasteiger partial charge in [-0.15, -0.1) is 0 Å². The van der Waals surface area contributed by atoms with Crippen molar-refractivity contribution < 1.29 is 19.4 Å². The summed E-state index contributed by atoms with van der Waals surface area (Å²) in [5, 5.41) is 16.0. The van der Waals surface area contributed by atoms with Gasteiger partial charge in [0, 0.05) is 18.2 Å². The van der Waals surface area contributed by atoms with Crippen molar-refractivity contribution in [3.63, 3.8) is 0 Å². The molecule has 1 unspecified atom stereocenters. The molecule has 0 bridgehead atoms. The van der Waals surface area contributed by atoms with Gasteiger partial charge in [0.15, 0.2) is 11.5 Å². The molecule has 6 heteroatoms. The predicted molar refractivity (Wildman–Crippen MR) is 74.6 cm³/mol. The quantitative estimate of drug-likeness (QED) is 0.763. The second kappa shape index (κ2) is 6.47. The second-order valence-corrected chi connectivity index (χ2v) is 4.75. The number of hydrogen-bond acceptors (Lipinski definition) is 5. The summed E-state index contributed by atoms with van der Waals surface area (Å²) < 4.78 is 10.1. The van der Waals surface area contributed by atoms with E-state index in [-0.39, 0.29) is 29.2 Å². The number of benzene rings is 1. The predicted octanol–water partition coefficient (Wildman–Crippen LogP) is 0.891. The molecule has 1 aliphatic rings. The molecule has 1 aromatic carbocycles. The third kappa shape index (κ3) is 3.14. The van der Waals surface area contributed by atoms with Gasteiger partial charge in [-0.3, -0.25) is 4.79 Å². The zero-order chi connectivity index (χ0) is 14.5. The van der Waals surface area contributed by atoms with Crippen LogP contribution in [0.15, 0.2) is 12.1 Å². The van der Waals surface area contributed by atoms with Gasteiger partial charge in [-0.05, 0) is 31.5 Å². The lowest BCUT2D eigenvalue weighted by Gasteiger charge is -2.24. The maximum Gasteiger partial charge on any atom is 0.251 e. The molecular formula is C14H20N2O4. The standard InChI is InChI=1S/C14H20N2O4/c1-19-11-6-9(7-12(20-2)13(11)17)14(18)16-10-4-3-5-15-8-10/h6-7,10,15,17H,3-5,8H2,1-2H3,(H,16,18). The molecule has 1 fully saturated rings. The smallest absolute Gasteiger partial charge is 0.251 e. The number of rotatable bonds is 4. The first-order valence-electron chi connectivity index (χ1n) is 6.62. The monoisotopic (exact) mass is 280 g/mol. The van der Waals surface area contributed by atoms with Gasteiger partial charge in [0.2, 0.25) is 5.75 Å².